The first-order chi connectivity index (χ1) is 30.6. The van der Waals surface area contributed by atoms with Crippen molar-refractivity contribution in [2.45, 2.75) is 322 Å². The molecule has 0 fully saturated rings. The number of esters is 2. The van der Waals surface area contributed by atoms with Crippen LogP contribution in [0.1, 0.15) is 316 Å². The summed E-state index contributed by atoms with van der Waals surface area (Å²) in [5, 5.41) is 0. The predicted molar refractivity (Wildman–Crippen MR) is 270 cm³/mol. The van der Waals surface area contributed by atoms with Gasteiger partial charge in [0.05, 0.1) is 6.61 Å². The van der Waals surface area contributed by atoms with Crippen LogP contribution in [0.4, 0.5) is 0 Å². The molecular formula is C57H110O5. The molecule has 0 saturated heterocycles. The molecule has 1 atom stereocenters. The molecule has 1 unspecified atom stereocenters. The number of unbranched alkanes of at least 4 members (excludes halogenated alkanes) is 40. The summed E-state index contributed by atoms with van der Waals surface area (Å²) < 4.78 is 17.4. The third-order valence-electron chi connectivity index (χ3n) is 12.8. The molecule has 5 heteroatoms. The third kappa shape index (κ3) is 51.3. The molecule has 0 bridgehead atoms. The maximum atomic E-state index is 12.8. The van der Waals surface area contributed by atoms with Crippen LogP contribution >= 0.6 is 0 Å². The highest BCUT2D eigenvalue weighted by atomic mass is 16.6. The summed E-state index contributed by atoms with van der Waals surface area (Å²) in [5.41, 5.74) is 0. The molecule has 0 aliphatic rings. The Hall–Kier alpha value is -1.36. The smallest absolute Gasteiger partial charge is 0.306 e. The van der Waals surface area contributed by atoms with Crippen LogP contribution < -0.4 is 0 Å². The fraction of sp³-hybridized carbons (Fsp3) is 0.930. The summed E-state index contributed by atoms with van der Waals surface area (Å²) in [6.07, 6.45) is 62.3. The Morgan fingerprint density at radius 3 is 0.984 bits per heavy atom. The first kappa shape index (κ1) is 60.6. The average Bonchev–Trinajstić information content (AvgIpc) is 3.27. The lowest BCUT2D eigenvalue weighted by Gasteiger charge is -2.18. The van der Waals surface area contributed by atoms with E-state index in [0.29, 0.717) is 26.1 Å². The van der Waals surface area contributed by atoms with E-state index in [4.69, 9.17) is 14.2 Å². The minimum Gasteiger partial charge on any atom is -0.462 e. The van der Waals surface area contributed by atoms with Crippen molar-refractivity contribution in [3.8, 4) is 0 Å². The minimum atomic E-state index is -0.528. The van der Waals surface area contributed by atoms with Gasteiger partial charge in [0, 0.05) is 19.4 Å². The third-order valence-corrected chi connectivity index (χ3v) is 12.8. The molecule has 5 nitrogen and oxygen atoms in total. The van der Waals surface area contributed by atoms with Gasteiger partial charge >= 0.3 is 11.9 Å². The Balaban J connectivity index is 4.13. The summed E-state index contributed by atoms with van der Waals surface area (Å²) in [6, 6.07) is 0. The number of carbonyl (C=O) groups excluding carboxylic acids is 2. The predicted octanol–water partition coefficient (Wildman–Crippen LogP) is 19.0. The Bertz CT molecular complexity index is 902. The lowest BCUT2D eigenvalue weighted by Crippen LogP contribution is -2.30. The summed E-state index contributed by atoms with van der Waals surface area (Å²) in [6.45, 7) is 7.89. The minimum absolute atomic E-state index is 0.0932. The largest absolute Gasteiger partial charge is 0.462 e. The Kier molecular flexibility index (Phi) is 52.8. The highest BCUT2D eigenvalue weighted by Crippen LogP contribution is 2.17. The van der Waals surface area contributed by atoms with Gasteiger partial charge in [-0.25, -0.2) is 0 Å². The molecule has 0 rings (SSSR count). The van der Waals surface area contributed by atoms with E-state index in [0.717, 1.165) is 32.1 Å². The van der Waals surface area contributed by atoms with E-state index >= 15 is 0 Å². The molecule has 0 heterocycles. The molecule has 0 aromatic carbocycles. The molecule has 0 aromatic heterocycles. The van der Waals surface area contributed by atoms with Crippen molar-refractivity contribution in [1.82, 2.24) is 0 Å². The van der Waals surface area contributed by atoms with Crippen LogP contribution in [0.15, 0.2) is 12.2 Å². The fourth-order valence-corrected chi connectivity index (χ4v) is 8.57. The van der Waals surface area contributed by atoms with Crippen molar-refractivity contribution < 1.29 is 23.8 Å². The average molecular weight is 876 g/mol. The lowest BCUT2D eigenvalue weighted by molar-refractivity contribution is -0.163. The van der Waals surface area contributed by atoms with Crippen LogP contribution in [0, 0.1) is 0 Å². The molecule has 0 aliphatic heterocycles. The maximum Gasteiger partial charge on any atom is 0.306 e. The zero-order valence-corrected chi connectivity index (χ0v) is 42.4. The topological polar surface area (TPSA) is 61.8 Å². The number of allylic oxidation sites excluding steroid dienone is 2. The molecule has 0 radical (unpaired) electrons. The van der Waals surface area contributed by atoms with Gasteiger partial charge in [-0.1, -0.05) is 270 Å². The monoisotopic (exact) mass is 875 g/mol. The molecule has 0 aromatic rings. The van der Waals surface area contributed by atoms with E-state index in [9.17, 15) is 9.59 Å². The number of ether oxygens (including phenoxy) is 3. The highest BCUT2D eigenvalue weighted by Gasteiger charge is 2.17. The van der Waals surface area contributed by atoms with Crippen molar-refractivity contribution in [2.75, 3.05) is 19.8 Å². The van der Waals surface area contributed by atoms with E-state index < -0.39 is 6.10 Å². The Morgan fingerprint density at radius 2 is 0.629 bits per heavy atom. The van der Waals surface area contributed by atoms with Crippen molar-refractivity contribution in [2.24, 2.45) is 0 Å². The summed E-state index contributed by atoms with van der Waals surface area (Å²) in [4.78, 5) is 25.4. The molecule has 0 saturated carbocycles. The Morgan fingerprint density at radius 1 is 0.339 bits per heavy atom. The van der Waals surface area contributed by atoms with Crippen LogP contribution in [0.3, 0.4) is 0 Å². The van der Waals surface area contributed by atoms with Gasteiger partial charge in [0.25, 0.3) is 0 Å². The van der Waals surface area contributed by atoms with Gasteiger partial charge in [-0.05, 0) is 44.9 Å². The van der Waals surface area contributed by atoms with Gasteiger partial charge in [0.15, 0.2) is 6.10 Å². The number of rotatable bonds is 53. The second-order valence-corrected chi connectivity index (χ2v) is 19.2. The zero-order chi connectivity index (χ0) is 44.9. The summed E-state index contributed by atoms with van der Waals surface area (Å²) >= 11 is 0. The zero-order valence-electron chi connectivity index (χ0n) is 42.4. The van der Waals surface area contributed by atoms with Crippen molar-refractivity contribution in [3.63, 3.8) is 0 Å². The normalized spacial score (nSPS) is 12.1. The van der Waals surface area contributed by atoms with E-state index in [1.54, 1.807) is 0 Å². The molecular weight excluding hydrogens is 765 g/mol. The van der Waals surface area contributed by atoms with Gasteiger partial charge < -0.3 is 14.2 Å². The van der Waals surface area contributed by atoms with Gasteiger partial charge in [-0.2, -0.15) is 0 Å². The second kappa shape index (κ2) is 54.0. The van der Waals surface area contributed by atoms with E-state index in [2.05, 4.69) is 32.9 Å². The maximum absolute atomic E-state index is 12.8. The molecule has 0 N–H and O–H groups in total. The van der Waals surface area contributed by atoms with Crippen LogP contribution in [-0.2, 0) is 23.8 Å². The van der Waals surface area contributed by atoms with Crippen molar-refractivity contribution >= 4 is 11.9 Å². The first-order valence-corrected chi connectivity index (χ1v) is 28.2. The van der Waals surface area contributed by atoms with Gasteiger partial charge in [-0.15, -0.1) is 0 Å². The van der Waals surface area contributed by atoms with E-state index in [1.807, 2.05) is 0 Å². The summed E-state index contributed by atoms with van der Waals surface area (Å²) in [5.74, 6) is -0.378. The van der Waals surface area contributed by atoms with Gasteiger partial charge in [0.1, 0.15) is 6.61 Å². The molecule has 0 amide bonds. The molecule has 0 spiro atoms. The van der Waals surface area contributed by atoms with E-state index in [1.165, 1.54) is 250 Å². The first-order valence-electron chi connectivity index (χ1n) is 28.2. The van der Waals surface area contributed by atoms with Crippen LogP contribution in [-0.4, -0.2) is 37.9 Å². The van der Waals surface area contributed by atoms with Crippen molar-refractivity contribution in [1.29, 1.82) is 0 Å². The fourth-order valence-electron chi connectivity index (χ4n) is 8.57. The molecule has 368 valence electrons. The van der Waals surface area contributed by atoms with Crippen LogP contribution in [0.5, 0.6) is 0 Å². The Labute approximate surface area is 388 Å². The van der Waals surface area contributed by atoms with Crippen LogP contribution in [0.25, 0.3) is 0 Å². The highest BCUT2D eigenvalue weighted by molar-refractivity contribution is 5.70. The summed E-state index contributed by atoms with van der Waals surface area (Å²) in [7, 11) is 0. The molecule has 0 aliphatic carbocycles. The van der Waals surface area contributed by atoms with Gasteiger partial charge in [0.2, 0.25) is 0 Å². The number of hydrogen-bond acceptors (Lipinski definition) is 5. The van der Waals surface area contributed by atoms with E-state index in [-0.39, 0.29) is 18.5 Å². The number of carbonyl (C=O) groups is 2. The lowest BCUT2D eigenvalue weighted by atomic mass is 10.0. The quantitative estimate of drug-likeness (QED) is 0.0346. The number of hydrogen-bond donors (Lipinski definition) is 0. The van der Waals surface area contributed by atoms with Crippen LogP contribution in [0.2, 0.25) is 0 Å². The van der Waals surface area contributed by atoms with Gasteiger partial charge in [-0.3, -0.25) is 9.59 Å². The molecule has 62 heavy (non-hydrogen) atoms. The SMILES string of the molecule is CCCCCCCC/C=C\CCCCCCCCCC(=O)OC(COCCCCCCCCCCCC)COC(=O)CCCCCCCCCCCCCCCCCCCCC. The second-order valence-electron chi connectivity index (χ2n) is 19.2. The van der Waals surface area contributed by atoms with Crippen molar-refractivity contribution in [3.05, 3.63) is 12.2 Å². The standard InChI is InChI=1S/C57H110O5/c1-4-7-10-13-16-19-22-24-26-28-29-31-32-34-36-38-41-44-47-50-56(58)61-54-55(53-60-52-49-46-43-40-21-18-15-12-9-6-3)62-57(59)51-48-45-42-39-37-35-33-30-27-25-23-20-17-14-11-8-5-2/h25,27,55H,4-24,26,28-54H2,1-3H3/b27-25-.